The zero-order valence-electron chi connectivity index (χ0n) is 11.2. The van der Waals surface area contributed by atoms with Crippen LogP contribution < -0.4 is 0 Å². The van der Waals surface area contributed by atoms with Crippen molar-refractivity contribution in [2.75, 3.05) is 7.11 Å². The molecule has 17 heavy (non-hydrogen) atoms. The van der Waals surface area contributed by atoms with Crippen molar-refractivity contribution >= 4 is 5.97 Å². The molecule has 0 spiro atoms. The van der Waals surface area contributed by atoms with E-state index in [1.807, 2.05) is 26.0 Å². The van der Waals surface area contributed by atoms with E-state index in [9.17, 15) is 4.79 Å². The molecule has 0 aromatic heterocycles. The minimum Gasteiger partial charge on any atom is -0.469 e. The summed E-state index contributed by atoms with van der Waals surface area (Å²) in [6.07, 6.45) is 2.17. The fourth-order valence-electron chi connectivity index (χ4n) is 2.15. The Bertz CT molecular complexity index is 369. The van der Waals surface area contributed by atoms with Gasteiger partial charge in [-0.15, -0.1) is 0 Å². The highest BCUT2D eigenvalue weighted by Gasteiger charge is 2.24. The van der Waals surface area contributed by atoms with E-state index >= 15 is 0 Å². The van der Waals surface area contributed by atoms with Crippen molar-refractivity contribution in [2.45, 2.75) is 39.5 Å². The maximum atomic E-state index is 11.8. The van der Waals surface area contributed by atoms with Gasteiger partial charge in [-0.25, -0.2) is 0 Å². The zero-order valence-corrected chi connectivity index (χ0v) is 11.2. The smallest absolute Gasteiger partial charge is 0.313 e. The Morgan fingerprint density at radius 3 is 2.59 bits per heavy atom. The highest BCUT2D eigenvalue weighted by atomic mass is 16.5. The normalized spacial score (nSPS) is 12.5. The van der Waals surface area contributed by atoms with Crippen LogP contribution in [0.4, 0.5) is 0 Å². The number of methoxy groups -OCH3 is 1. The number of carbonyl (C=O) groups is 1. The quantitative estimate of drug-likeness (QED) is 0.728. The number of rotatable bonds is 5. The van der Waals surface area contributed by atoms with Gasteiger partial charge in [-0.3, -0.25) is 4.79 Å². The van der Waals surface area contributed by atoms with Crippen LogP contribution in [0.15, 0.2) is 24.3 Å². The average Bonchev–Trinajstić information content (AvgIpc) is 2.29. The first-order chi connectivity index (χ1) is 8.10. The summed E-state index contributed by atoms with van der Waals surface area (Å²) in [4.78, 5) is 11.8. The third-order valence-electron chi connectivity index (χ3n) is 2.97. The lowest BCUT2D eigenvalue weighted by Gasteiger charge is -2.19. The van der Waals surface area contributed by atoms with Crippen molar-refractivity contribution in [1.29, 1.82) is 0 Å². The number of benzene rings is 1. The van der Waals surface area contributed by atoms with Gasteiger partial charge in [-0.2, -0.15) is 0 Å². The Hall–Kier alpha value is -1.31. The Morgan fingerprint density at radius 1 is 1.35 bits per heavy atom. The molecule has 0 aliphatic carbocycles. The van der Waals surface area contributed by atoms with Crippen LogP contribution in [0.25, 0.3) is 0 Å². The molecule has 0 bridgehead atoms. The average molecular weight is 234 g/mol. The van der Waals surface area contributed by atoms with Crippen molar-refractivity contribution in [3.63, 3.8) is 0 Å². The lowest BCUT2D eigenvalue weighted by atomic mass is 9.87. The maximum Gasteiger partial charge on any atom is 0.313 e. The Kier molecular flexibility index (Phi) is 5.20. The van der Waals surface area contributed by atoms with Crippen LogP contribution in [-0.4, -0.2) is 13.1 Å². The van der Waals surface area contributed by atoms with Crippen molar-refractivity contribution in [3.8, 4) is 0 Å². The van der Waals surface area contributed by atoms with E-state index in [0.29, 0.717) is 0 Å². The van der Waals surface area contributed by atoms with Crippen molar-refractivity contribution in [1.82, 2.24) is 0 Å². The number of aryl methyl sites for hydroxylation is 1. The summed E-state index contributed by atoms with van der Waals surface area (Å²) in [5, 5.41) is 0. The minimum atomic E-state index is -0.156. The van der Waals surface area contributed by atoms with Gasteiger partial charge in [0.2, 0.25) is 0 Å². The molecule has 94 valence electrons. The zero-order chi connectivity index (χ0) is 12.8. The second-order valence-corrected chi connectivity index (χ2v) is 4.74. The molecular formula is C15H22O2. The van der Waals surface area contributed by atoms with Crippen LogP contribution in [0, 0.1) is 5.92 Å². The van der Waals surface area contributed by atoms with E-state index in [0.717, 1.165) is 18.4 Å². The molecule has 1 unspecified atom stereocenters. The third-order valence-corrected chi connectivity index (χ3v) is 2.97. The molecule has 0 saturated heterocycles. The molecule has 1 rings (SSSR count). The number of hydrogen-bond donors (Lipinski definition) is 0. The molecule has 0 radical (unpaired) electrons. The predicted molar refractivity (Wildman–Crippen MR) is 70.0 cm³/mol. The minimum absolute atomic E-state index is 0.145. The topological polar surface area (TPSA) is 26.3 Å². The van der Waals surface area contributed by atoms with E-state index in [-0.39, 0.29) is 17.8 Å². The summed E-state index contributed by atoms with van der Waals surface area (Å²) < 4.78 is 4.89. The Morgan fingerprint density at radius 2 is 2.06 bits per heavy atom. The van der Waals surface area contributed by atoms with E-state index in [4.69, 9.17) is 4.74 Å². The second-order valence-electron chi connectivity index (χ2n) is 4.74. The largest absolute Gasteiger partial charge is 0.469 e. The van der Waals surface area contributed by atoms with Gasteiger partial charge < -0.3 is 4.74 Å². The molecule has 0 N–H and O–H groups in total. The number of ether oxygens (including phenoxy) is 1. The van der Waals surface area contributed by atoms with E-state index in [1.54, 1.807) is 0 Å². The van der Waals surface area contributed by atoms with E-state index < -0.39 is 0 Å². The number of carbonyl (C=O) groups excluding carboxylic acids is 1. The first-order valence-electron chi connectivity index (χ1n) is 6.26. The molecule has 2 heteroatoms. The van der Waals surface area contributed by atoms with E-state index in [2.05, 4.69) is 19.1 Å². The third kappa shape index (κ3) is 3.58. The van der Waals surface area contributed by atoms with Crippen LogP contribution in [0.3, 0.4) is 0 Å². The van der Waals surface area contributed by atoms with Crippen molar-refractivity contribution in [3.05, 3.63) is 35.4 Å². The van der Waals surface area contributed by atoms with Gasteiger partial charge in [0.05, 0.1) is 13.0 Å². The summed E-state index contributed by atoms with van der Waals surface area (Å²) >= 11 is 0. The lowest BCUT2D eigenvalue weighted by Crippen LogP contribution is -2.19. The van der Waals surface area contributed by atoms with Crippen molar-refractivity contribution < 1.29 is 9.53 Å². The van der Waals surface area contributed by atoms with Crippen LogP contribution >= 0.6 is 0 Å². The van der Waals surface area contributed by atoms with Gasteiger partial charge in [0.1, 0.15) is 0 Å². The molecule has 0 aliphatic rings. The first kappa shape index (κ1) is 13.8. The molecule has 2 nitrogen and oxygen atoms in total. The predicted octanol–water partition coefficient (Wildman–Crippen LogP) is 3.55. The summed E-state index contributed by atoms with van der Waals surface area (Å²) in [7, 11) is 1.45. The fraction of sp³-hybridized carbons (Fsp3) is 0.533. The highest BCUT2D eigenvalue weighted by molar-refractivity contribution is 5.78. The maximum absolute atomic E-state index is 11.8. The van der Waals surface area contributed by atoms with Gasteiger partial charge in [0.25, 0.3) is 0 Å². The summed E-state index contributed by atoms with van der Waals surface area (Å²) in [5.74, 6) is -0.0511. The van der Waals surface area contributed by atoms with Gasteiger partial charge in [0, 0.05) is 0 Å². The Labute approximate surface area is 104 Å². The summed E-state index contributed by atoms with van der Waals surface area (Å²) in [6, 6.07) is 8.28. The molecule has 1 aromatic rings. The van der Waals surface area contributed by atoms with Crippen LogP contribution in [-0.2, 0) is 16.0 Å². The summed E-state index contributed by atoms with van der Waals surface area (Å²) in [6.45, 7) is 6.26. The molecule has 1 atom stereocenters. The van der Waals surface area contributed by atoms with Crippen LogP contribution in [0.5, 0.6) is 0 Å². The monoisotopic (exact) mass is 234 g/mol. The molecule has 0 aliphatic heterocycles. The number of hydrogen-bond acceptors (Lipinski definition) is 2. The molecule has 0 heterocycles. The van der Waals surface area contributed by atoms with Gasteiger partial charge in [-0.05, 0) is 23.5 Å². The van der Waals surface area contributed by atoms with Crippen LogP contribution in [0.1, 0.15) is 44.2 Å². The molecule has 1 aromatic carbocycles. The fourth-order valence-corrected chi connectivity index (χ4v) is 2.15. The lowest BCUT2D eigenvalue weighted by molar-refractivity contribution is -0.143. The Balaban J connectivity index is 3.01. The van der Waals surface area contributed by atoms with Gasteiger partial charge in [0.15, 0.2) is 0 Å². The molecular weight excluding hydrogens is 212 g/mol. The van der Waals surface area contributed by atoms with E-state index in [1.165, 1.54) is 12.7 Å². The molecule has 0 saturated carbocycles. The SMILES string of the molecule is CCCc1cccc(C(C(=O)OC)C(C)C)c1. The number of esters is 1. The molecule has 0 fully saturated rings. The van der Waals surface area contributed by atoms with Crippen molar-refractivity contribution in [2.24, 2.45) is 5.92 Å². The van der Waals surface area contributed by atoms with Gasteiger partial charge in [-0.1, -0.05) is 51.5 Å². The van der Waals surface area contributed by atoms with Crippen LogP contribution in [0.2, 0.25) is 0 Å². The van der Waals surface area contributed by atoms with Gasteiger partial charge >= 0.3 is 5.97 Å². The standard InChI is InChI=1S/C15H22O2/c1-5-7-12-8-6-9-13(10-12)14(11(2)3)15(16)17-4/h6,8-11,14H,5,7H2,1-4H3. The molecule has 0 amide bonds. The summed E-state index contributed by atoms with van der Waals surface area (Å²) in [5.41, 5.74) is 2.36. The highest BCUT2D eigenvalue weighted by Crippen LogP contribution is 2.26. The first-order valence-corrected chi connectivity index (χ1v) is 6.26. The second kappa shape index (κ2) is 6.43.